The molecular formula is C26H30N2O5S. The van der Waals surface area contributed by atoms with Gasteiger partial charge in [-0.2, -0.15) is 0 Å². The molecule has 3 rings (SSSR count). The van der Waals surface area contributed by atoms with Crippen molar-refractivity contribution in [1.82, 2.24) is 5.32 Å². The Morgan fingerprint density at radius 1 is 0.912 bits per heavy atom. The van der Waals surface area contributed by atoms with Gasteiger partial charge in [-0.15, -0.1) is 0 Å². The third-order valence-electron chi connectivity index (χ3n) is 5.84. The number of hydrogen-bond donors (Lipinski definition) is 2. The molecule has 0 bridgehead atoms. The Balaban J connectivity index is 1.88. The Morgan fingerprint density at radius 2 is 1.65 bits per heavy atom. The molecule has 0 aromatic heterocycles. The van der Waals surface area contributed by atoms with Crippen LogP contribution in [-0.4, -0.2) is 28.5 Å². The van der Waals surface area contributed by atoms with Crippen LogP contribution in [-0.2, 0) is 10.0 Å². The van der Waals surface area contributed by atoms with Gasteiger partial charge in [0, 0.05) is 11.1 Å². The van der Waals surface area contributed by atoms with Gasteiger partial charge in [-0.1, -0.05) is 18.2 Å². The third-order valence-corrected chi connectivity index (χ3v) is 7.35. The van der Waals surface area contributed by atoms with Crippen molar-refractivity contribution in [2.45, 2.75) is 38.6 Å². The number of amides is 1. The van der Waals surface area contributed by atoms with Crippen LogP contribution >= 0.6 is 0 Å². The van der Waals surface area contributed by atoms with E-state index < -0.39 is 22.0 Å². The fraction of sp³-hybridized carbons (Fsp3) is 0.269. The number of anilines is 1. The molecule has 3 aromatic carbocycles. The summed E-state index contributed by atoms with van der Waals surface area (Å²) >= 11 is 0. The first-order chi connectivity index (χ1) is 16.1. The summed E-state index contributed by atoms with van der Waals surface area (Å²) < 4.78 is 39.7. The predicted molar refractivity (Wildman–Crippen MR) is 133 cm³/mol. The quantitative estimate of drug-likeness (QED) is 0.475. The summed E-state index contributed by atoms with van der Waals surface area (Å²) in [5, 5.41) is 2.91. The van der Waals surface area contributed by atoms with Crippen LogP contribution in [0.25, 0.3) is 0 Å². The van der Waals surface area contributed by atoms with Gasteiger partial charge < -0.3 is 14.8 Å². The van der Waals surface area contributed by atoms with Gasteiger partial charge in [-0.05, 0) is 80.8 Å². The highest BCUT2D eigenvalue weighted by atomic mass is 32.2. The predicted octanol–water partition coefficient (Wildman–Crippen LogP) is 4.92. The minimum Gasteiger partial charge on any atom is -0.497 e. The van der Waals surface area contributed by atoms with Crippen LogP contribution in [0.4, 0.5) is 5.69 Å². The van der Waals surface area contributed by atoms with Gasteiger partial charge in [-0.3, -0.25) is 9.52 Å². The Morgan fingerprint density at radius 3 is 2.32 bits per heavy atom. The number of sulfonamides is 1. The molecule has 0 radical (unpaired) electrons. The zero-order chi connectivity index (χ0) is 25.0. The Labute approximate surface area is 201 Å². The smallest absolute Gasteiger partial charge is 0.262 e. The van der Waals surface area contributed by atoms with Crippen LogP contribution < -0.4 is 19.5 Å². The van der Waals surface area contributed by atoms with E-state index in [1.54, 1.807) is 63.6 Å². The zero-order valence-corrected chi connectivity index (χ0v) is 21.0. The largest absolute Gasteiger partial charge is 0.497 e. The molecule has 0 spiro atoms. The summed E-state index contributed by atoms with van der Waals surface area (Å²) in [7, 11) is -0.786. The molecular weight excluding hydrogens is 452 g/mol. The number of aryl methyl sites for hydroxylation is 2. The number of methoxy groups -OCH3 is 2. The first kappa shape index (κ1) is 25.1. The van der Waals surface area contributed by atoms with Crippen molar-refractivity contribution < 1.29 is 22.7 Å². The monoisotopic (exact) mass is 482 g/mol. The normalized spacial score (nSPS) is 12.1. The lowest BCUT2D eigenvalue weighted by atomic mass is 10.1. The van der Waals surface area contributed by atoms with Gasteiger partial charge >= 0.3 is 0 Å². The molecule has 1 atom stereocenters. The summed E-state index contributed by atoms with van der Waals surface area (Å²) in [6.07, 6.45) is 0. The Hall–Kier alpha value is -3.52. The molecule has 0 saturated carbocycles. The molecule has 7 nitrogen and oxygen atoms in total. The van der Waals surface area contributed by atoms with E-state index in [1.165, 1.54) is 6.07 Å². The SMILES string of the molecule is COc1ccc(OC)c([C@@H](C)NC(=O)c2ccc(C)c(S(=O)(=O)Nc3cccc(C)c3C)c2)c1. The van der Waals surface area contributed by atoms with Crippen molar-refractivity contribution in [3.8, 4) is 11.5 Å². The van der Waals surface area contributed by atoms with E-state index in [4.69, 9.17) is 9.47 Å². The van der Waals surface area contributed by atoms with Crippen molar-refractivity contribution in [3.63, 3.8) is 0 Å². The fourth-order valence-electron chi connectivity index (χ4n) is 3.63. The summed E-state index contributed by atoms with van der Waals surface area (Å²) in [4.78, 5) is 13.1. The first-order valence-electron chi connectivity index (χ1n) is 10.8. The Bertz CT molecular complexity index is 1320. The topological polar surface area (TPSA) is 93.7 Å². The number of carbonyl (C=O) groups is 1. The standard InChI is InChI=1S/C26H30N2O5S/c1-16-8-7-9-23(18(16)3)28-34(30,31)25-14-20(11-10-17(25)2)26(29)27-19(4)22-15-21(32-5)12-13-24(22)33-6/h7-15,19,28H,1-6H3,(H,27,29)/t19-/m1/s1. The second-order valence-electron chi connectivity index (χ2n) is 8.14. The summed E-state index contributed by atoms with van der Waals surface area (Å²) in [5.74, 6) is 0.845. The molecule has 0 saturated heterocycles. The summed E-state index contributed by atoms with van der Waals surface area (Å²) in [6.45, 7) is 7.30. The number of carbonyl (C=O) groups excluding carboxylic acids is 1. The zero-order valence-electron chi connectivity index (χ0n) is 20.2. The molecule has 0 heterocycles. The minimum atomic E-state index is -3.91. The molecule has 1 amide bonds. The van der Waals surface area contributed by atoms with E-state index in [9.17, 15) is 13.2 Å². The molecule has 8 heteroatoms. The van der Waals surface area contributed by atoms with Gasteiger partial charge in [0.15, 0.2) is 0 Å². The van der Waals surface area contributed by atoms with Crippen LogP contribution in [0.5, 0.6) is 11.5 Å². The van der Waals surface area contributed by atoms with Crippen molar-refractivity contribution in [3.05, 3.63) is 82.4 Å². The average molecular weight is 483 g/mol. The lowest BCUT2D eigenvalue weighted by Gasteiger charge is -2.19. The van der Waals surface area contributed by atoms with Gasteiger partial charge in [0.25, 0.3) is 15.9 Å². The number of nitrogens with one attached hydrogen (secondary N) is 2. The van der Waals surface area contributed by atoms with Gasteiger partial charge in [0.1, 0.15) is 11.5 Å². The molecule has 0 aliphatic heterocycles. The maximum atomic E-state index is 13.2. The van der Waals surface area contributed by atoms with Crippen molar-refractivity contribution in [2.75, 3.05) is 18.9 Å². The average Bonchev–Trinajstić information content (AvgIpc) is 2.81. The number of ether oxygens (including phenoxy) is 2. The Kier molecular flexibility index (Phi) is 7.51. The molecule has 0 aliphatic rings. The minimum absolute atomic E-state index is 0.0488. The maximum absolute atomic E-state index is 13.2. The van der Waals surface area contributed by atoms with E-state index in [2.05, 4.69) is 10.0 Å². The van der Waals surface area contributed by atoms with E-state index in [0.29, 0.717) is 22.7 Å². The van der Waals surface area contributed by atoms with Crippen molar-refractivity contribution >= 4 is 21.6 Å². The fourth-order valence-corrected chi connectivity index (χ4v) is 5.02. The number of benzene rings is 3. The highest BCUT2D eigenvalue weighted by Crippen LogP contribution is 2.30. The van der Waals surface area contributed by atoms with Crippen LogP contribution in [0.1, 0.15) is 45.6 Å². The van der Waals surface area contributed by atoms with Crippen LogP contribution in [0.3, 0.4) is 0 Å². The van der Waals surface area contributed by atoms with Crippen LogP contribution in [0.2, 0.25) is 0 Å². The molecule has 0 fully saturated rings. The van der Waals surface area contributed by atoms with Crippen LogP contribution in [0, 0.1) is 20.8 Å². The highest BCUT2D eigenvalue weighted by Gasteiger charge is 2.22. The second-order valence-corrected chi connectivity index (χ2v) is 9.79. The first-order valence-corrected chi connectivity index (χ1v) is 12.3. The van der Waals surface area contributed by atoms with E-state index in [1.807, 2.05) is 26.8 Å². The molecule has 0 unspecified atom stereocenters. The van der Waals surface area contributed by atoms with E-state index in [-0.39, 0.29) is 10.5 Å². The lowest BCUT2D eigenvalue weighted by Crippen LogP contribution is -2.27. The molecule has 2 N–H and O–H groups in total. The van der Waals surface area contributed by atoms with Gasteiger partial charge in [0.05, 0.1) is 30.8 Å². The second kappa shape index (κ2) is 10.2. The molecule has 180 valence electrons. The number of hydrogen-bond acceptors (Lipinski definition) is 5. The van der Waals surface area contributed by atoms with Crippen LogP contribution in [0.15, 0.2) is 59.5 Å². The number of rotatable bonds is 8. The van der Waals surface area contributed by atoms with Gasteiger partial charge in [-0.25, -0.2) is 8.42 Å². The molecule has 34 heavy (non-hydrogen) atoms. The van der Waals surface area contributed by atoms with Crippen molar-refractivity contribution in [1.29, 1.82) is 0 Å². The highest BCUT2D eigenvalue weighted by molar-refractivity contribution is 7.92. The summed E-state index contributed by atoms with van der Waals surface area (Å²) in [5.41, 5.74) is 3.85. The van der Waals surface area contributed by atoms with Gasteiger partial charge in [0.2, 0.25) is 0 Å². The van der Waals surface area contributed by atoms with E-state index in [0.717, 1.165) is 16.7 Å². The summed E-state index contributed by atoms with van der Waals surface area (Å²) in [6, 6.07) is 15.0. The molecule has 3 aromatic rings. The molecule has 0 aliphatic carbocycles. The lowest BCUT2D eigenvalue weighted by molar-refractivity contribution is 0.0939. The van der Waals surface area contributed by atoms with E-state index >= 15 is 0 Å². The van der Waals surface area contributed by atoms with Crippen molar-refractivity contribution in [2.24, 2.45) is 0 Å². The third kappa shape index (κ3) is 5.34. The maximum Gasteiger partial charge on any atom is 0.262 e.